The number of aliphatic hydroxyl groups is 1. The molecule has 0 radical (unpaired) electrons. The van der Waals surface area contributed by atoms with Crippen molar-refractivity contribution in [3.63, 3.8) is 0 Å². The molecule has 2 aromatic heterocycles. The summed E-state index contributed by atoms with van der Waals surface area (Å²) in [5.74, 6) is -19.4. The van der Waals surface area contributed by atoms with Gasteiger partial charge in [0.05, 0.1) is 31.7 Å². The summed E-state index contributed by atoms with van der Waals surface area (Å²) < 4.78 is 0. The standard InChI is InChI=1S/C86H121N23O20S/c1-9-10-23-67-85(129)106(7)47(5)72(116)97-56(22-15-30-92-86(90)91)75(119)104-64(74(118)95-41-70(89)114)43-130-44-71(115)96-60(34-48-26-28-51(111)29-27-48)81(125)105(6)46(4)73(117)100-62(38-69(88)113)84(128)109-32-17-25-66(109)80(124)99-58(37-68(87)112)77(121)101-59(33-45(2)3)83(127)108-31-16-24-65(108)79(123)98-57(35-49-39-93-54-20-13-11-18-52(49)54)76(120)103-63(42-110)78(122)102-61(82(126)107(67)8)36-50-40-94-55-21-14-12-19-53(50)55/h11-14,18-21,26-29,39-40,45-47,56-67,93-94,110-111H,9-10,15-17,22-25,30-38,41-44H2,1-8H3,(H2,87,112)(H2,88,113)(H2,89,114)(H,95,118)(H,96,115)(H,97,116)(H,98,123)(H,99,124)(H,100,117)(H,101,121)(H,102,122)(H,103,120)(H,104,119)(H4,90,91,92)/t46-,47-,56-,57-,58-,59-,60-,61-,62-,63-,64?,65-,66-,67-/m0/s1. The van der Waals surface area contributed by atoms with Gasteiger partial charge in [-0.25, -0.2) is 0 Å². The molecule has 3 aliphatic rings. The zero-order valence-electron chi connectivity index (χ0n) is 74.0. The van der Waals surface area contributed by atoms with Gasteiger partial charge in [0.25, 0.3) is 0 Å². The second-order valence-corrected chi connectivity index (χ2v) is 34.2. The van der Waals surface area contributed by atoms with E-state index in [2.05, 4.69) is 68.5 Å². The Hall–Kier alpha value is -13.4. The van der Waals surface area contributed by atoms with E-state index in [1.54, 1.807) is 74.8 Å². The average molecular weight is 1830 g/mol. The molecule has 14 atom stereocenters. The number of nitrogens with one attached hydrogen (secondary N) is 14. The van der Waals surface area contributed by atoms with Crippen LogP contribution < -0.4 is 81.4 Å². The number of para-hydroxylation sites is 2. The predicted molar refractivity (Wildman–Crippen MR) is 476 cm³/mol. The molecular weight excluding hydrogens is 1710 g/mol. The van der Waals surface area contributed by atoms with Gasteiger partial charge >= 0.3 is 0 Å². The van der Waals surface area contributed by atoms with Crippen molar-refractivity contribution in [1.29, 1.82) is 5.41 Å². The minimum Gasteiger partial charge on any atom is -0.508 e. The Bertz CT molecular complexity index is 4970. The molecule has 43 nitrogen and oxygen atoms in total. The fourth-order valence-electron chi connectivity index (χ4n) is 15.7. The number of likely N-dealkylation sites (N-methyl/N-ethyl adjacent to an activating group) is 3. The van der Waals surface area contributed by atoms with E-state index in [0.717, 1.165) is 31.4 Å². The summed E-state index contributed by atoms with van der Waals surface area (Å²) in [5, 5.41) is 58.8. The van der Waals surface area contributed by atoms with Crippen molar-refractivity contribution >= 4 is 146 Å². The zero-order chi connectivity index (χ0) is 95.5. The molecule has 3 saturated heterocycles. The normalized spacial score (nSPS) is 24.6. The second kappa shape index (κ2) is 48.1. The number of primary amides is 3. The summed E-state index contributed by atoms with van der Waals surface area (Å²) in [6.45, 7) is 5.83. The summed E-state index contributed by atoms with van der Waals surface area (Å²) in [6, 6.07) is -2.40. The van der Waals surface area contributed by atoms with E-state index in [-0.39, 0.29) is 102 Å². The highest BCUT2D eigenvalue weighted by Crippen LogP contribution is 2.27. The Labute approximate surface area is 754 Å². The van der Waals surface area contributed by atoms with Gasteiger partial charge < -0.3 is 126 Å². The van der Waals surface area contributed by atoms with E-state index >= 15 is 28.8 Å². The van der Waals surface area contributed by atoms with Gasteiger partial charge in [0, 0.05) is 100.0 Å². The first-order valence-electron chi connectivity index (χ1n) is 43.1. The number of nitrogens with zero attached hydrogens (tertiary/aromatic N) is 5. The Morgan fingerprint density at radius 3 is 1.52 bits per heavy atom. The predicted octanol–water partition coefficient (Wildman–Crippen LogP) is -4.16. The number of H-pyrrole nitrogens is 2. The summed E-state index contributed by atoms with van der Waals surface area (Å²) in [5.41, 5.74) is 25.0. The lowest BCUT2D eigenvalue weighted by atomic mass is 10.0. The summed E-state index contributed by atoms with van der Waals surface area (Å²) >= 11 is 0.744. The van der Waals surface area contributed by atoms with E-state index in [0.29, 0.717) is 51.3 Å². The fraction of sp³-hybridized carbons (Fsp3) is 0.523. The SMILES string of the molecule is CCCC[C@H]1C(=O)N(C)[C@@H](C)C(=O)N[C@@H](CCCNC(=N)N)C(=O)NC(C(=O)NCC(N)=O)CSCC(=O)N[C@@H](Cc2ccc(O)cc2)C(=O)N(C)[C@@H](C)C(=O)N[C@@H](CC(N)=O)C(=O)N2CCC[C@H]2C(=O)N[C@@H](CC(N)=O)C(=O)N[C@@H](CC(C)C)C(=O)N2CCC[C@H]2C(=O)N[C@@H](Cc2c[nH]c3ccccc23)C(=O)N[C@@H](CO)C(=O)N[C@@H](Cc2c[nH]c3ccccc23)C(=O)N1C. The number of thioether (sulfide) groups is 1. The maximum absolute atomic E-state index is 15.6. The number of carbonyl (C=O) groups excluding carboxylic acids is 18. The van der Waals surface area contributed by atoms with Crippen LogP contribution in [0.1, 0.15) is 128 Å². The lowest BCUT2D eigenvalue weighted by Crippen LogP contribution is -2.61. The van der Waals surface area contributed by atoms with Crippen molar-refractivity contribution in [1.82, 2.24) is 93.0 Å². The summed E-state index contributed by atoms with van der Waals surface area (Å²) in [4.78, 5) is 271. The molecule has 5 aromatic rings. The molecule has 1 unspecified atom stereocenters. The highest BCUT2D eigenvalue weighted by Gasteiger charge is 2.45. The molecule has 3 aliphatic heterocycles. The largest absolute Gasteiger partial charge is 0.508 e. The topological polar surface area (TPSA) is 656 Å². The Morgan fingerprint density at radius 2 is 0.977 bits per heavy atom. The van der Waals surface area contributed by atoms with Crippen LogP contribution in [0.5, 0.6) is 5.75 Å². The number of aromatic amines is 2. The van der Waals surface area contributed by atoms with E-state index in [1.807, 2.05) is 6.92 Å². The minimum atomic E-state index is -1.87. The molecular formula is C86H121N23O20S. The molecule has 706 valence electrons. The number of rotatable bonds is 23. The number of benzene rings is 3. The van der Waals surface area contributed by atoms with Crippen LogP contribution >= 0.6 is 11.8 Å². The number of hydrogen-bond donors (Lipinski definition) is 20. The smallest absolute Gasteiger partial charge is 0.246 e. The molecule has 0 spiro atoms. The number of nitrogens with two attached hydrogens (primary N) is 4. The van der Waals surface area contributed by atoms with E-state index < -0.39 is 234 Å². The molecule has 3 fully saturated rings. The molecule has 3 aromatic carbocycles. The number of phenolic OH excluding ortho intramolecular Hbond substituents is 1. The van der Waals surface area contributed by atoms with Crippen LogP contribution in [0.25, 0.3) is 21.8 Å². The molecule has 44 heteroatoms. The molecule has 0 saturated carbocycles. The Kier molecular flexibility index (Phi) is 37.7. The van der Waals surface area contributed by atoms with Crippen molar-refractivity contribution < 1.29 is 96.5 Å². The van der Waals surface area contributed by atoms with Crippen LogP contribution in [0, 0.1) is 11.3 Å². The number of unbranched alkanes of at least 4 members (excludes halogenated alkanes) is 1. The van der Waals surface area contributed by atoms with Gasteiger partial charge in [-0.15, -0.1) is 11.8 Å². The van der Waals surface area contributed by atoms with Gasteiger partial charge in [-0.1, -0.05) is 82.1 Å². The van der Waals surface area contributed by atoms with Crippen LogP contribution in [0.3, 0.4) is 0 Å². The second-order valence-electron chi connectivity index (χ2n) is 33.2. The number of fused-ring (bicyclic) bond motifs is 4. The third-order valence-electron chi connectivity index (χ3n) is 23.1. The molecule has 18 amide bonds. The minimum absolute atomic E-state index is 0.0148. The Balaban J connectivity index is 1.17. The first kappa shape index (κ1) is 102. The molecule has 24 N–H and O–H groups in total. The van der Waals surface area contributed by atoms with Crippen molar-refractivity contribution in [2.24, 2.45) is 28.9 Å². The monoisotopic (exact) mass is 1830 g/mol. The summed E-state index contributed by atoms with van der Waals surface area (Å²) in [7, 11) is 3.80. The number of aliphatic hydroxyl groups excluding tert-OH is 1. The van der Waals surface area contributed by atoms with Crippen molar-refractivity contribution in [2.75, 3.05) is 65.4 Å². The molecule has 0 bridgehead atoms. The van der Waals surface area contributed by atoms with E-state index in [9.17, 15) is 67.7 Å². The number of aromatic nitrogens is 2. The highest BCUT2D eigenvalue weighted by molar-refractivity contribution is 8.00. The lowest BCUT2D eigenvalue weighted by Gasteiger charge is -2.35. The van der Waals surface area contributed by atoms with Gasteiger partial charge in [-0.05, 0) is 112 Å². The van der Waals surface area contributed by atoms with Crippen LogP contribution in [-0.4, -0.2) is 307 Å². The molecule has 130 heavy (non-hydrogen) atoms. The van der Waals surface area contributed by atoms with E-state index in [1.165, 1.54) is 64.2 Å². The van der Waals surface area contributed by atoms with Gasteiger partial charge in [-0.2, -0.15) is 0 Å². The third-order valence-corrected chi connectivity index (χ3v) is 24.1. The number of guanidine groups is 1. The van der Waals surface area contributed by atoms with Crippen LogP contribution in [0.4, 0.5) is 0 Å². The highest BCUT2D eigenvalue weighted by atomic mass is 32.2. The quantitative estimate of drug-likeness (QED) is 0.0168. The van der Waals surface area contributed by atoms with Crippen molar-refractivity contribution in [2.45, 2.75) is 216 Å². The first-order valence-corrected chi connectivity index (χ1v) is 44.3. The number of aromatic hydroxyl groups is 1. The Morgan fingerprint density at radius 1 is 0.508 bits per heavy atom. The van der Waals surface area contributed by atoms with Crippen molar-refractivity contribution in [3.05, 3.63) is 102 Å². The van der Waals surface area contributed by atoms with Gasteiger partial charge in [0.2, 0.25) is 106 Å². The molecule has 8 rings (SSSR count). The number of hydrogen-bond acceptors (Lipinski definition) is 22. The molecule has 5 heterocycles. The number of amides is 18. The fourth-order valence-corrected chi connectivity index (χ4v) is 16.6. The van der Waals surface area contributed by atoms with Gasteiger partial charge in [-0.3, -0.25) is 91.7 Å². The maximum Gasteiger partial charge on any atom is 0.246 e. The number of phenols is 1. The molecule has 0 aliphatic carbocycles. The van der Waals surface area contributed by atoms with Crippen LogP contribution in [-0.2, 0) is 106 Å². The van der Waals surface area contributed by atoms with E-state index in [4.69, 9.17) is 28.3 Å². The third kappa shape index (κ3) is 28.3. The van der Waals surface area contributed by atoms with Gasteiger partial charge in [0.15, 0.2) is 5.96 Å². The average Bonchev–Trinajstić information content (AvgIpc) is 1.54. The summed E-state index contributed by atoms with van der Waals surface area (Å²) in [6.07, 6.45) is 1.55. The van der Waals surface area contributed by atoms with Crippen LogP contribution in [0.15, 0.2) is 85.2 Å². The first-order chi connectivity index (χ1) is 61.7. The number of carbonyl (C=O) groups is 18. The van der Waals surface area contributed by atoms with Crippen LogP contribution in [0.2, 0.25) is 0 Å². The lowest BCUT2D eigenvalue weighted by molar-refractivity contribution is -0.149. The van der Waals surface area contributed by atoms with Gasteiger partial charge in [0.1, 0.15) is 90.3 Å². The maximum atomic E-state index is 15.6. The zero-order valence-corrected chi connectivity index (χ0v) is 74.8. The van der Waals surface area contributed by atoms with Crippen molar-refractivity contribution in [3.8, 4) is 5.75 Å².